The molecule has 0 fully saturated rings. The minimum absolute atomic E-state index is 0.0219. The van der Waals surface area contributed by atoms with Crippen molar-refractivity contribution in [2.24, 2.45) is 7.05 Å². The summed E-state index contributed by atoms with van der Waals surface area (Å²) in [7, 11) is 1.86. The van der Waals surface area contributed by atoms with Crippen LogP contribution >= 0.6 is 0 Å². The molecule has 1 aromatic heterocycles. The lowest BCUT2D eigenvalue weighted by Crippen LogP contribution is -2.48. The molecule has 0 saturated heterocycles. The van der Waals surface area contributed by atoms with Crippen LogP contribution in [0.5, 0.6) is 0 Å². The molecule has 1 heterocycles. The van der Waals surface area contributed by atoms with E-state index >= 15 is 0 Å². The van der Waals surface area contributed by atoms with Gasteiger partial charge in [0, 0.05) is 36.8 Å². The zero-order valence-corrected chi connectivity index (χ0v) is 13.3. The fourth-order valence-electron chi connectivity index (χ4n) is 2.08. The number of aliphatic carboxylic acids is 1. The zero-order chi connectivity index (χ0) is 16.2. The summed E-state index contributed by atoms with van der Waals surface area (Å²) in [6.45, 7) is 7.85. The maximum Gasteiger partial charge on any atom is 0.315 e. The maximum absolute atomic E-state index is 11.9. The van der Waals surface area contributed by atoms with Gasteiger partial charge in [0.25, 0.3) is 0 Å². The molecular formula is C14H24N4O3. The smallest absolute Gasteiger partial charge is 0.315 e. The fraction of sp³-hybridized carbons (Fsp3) is 0.643. The predicted molar refractivity (Wildman–Crippen MR) is 79.0 cm³/mol. The molecule has 0 unspecified atom stereocenters. The van der Waals surface area contributed by atoms with Gasteiger partial charge in [0.1, 0.15) is 0 Å². The van der Waals surface area contributed by atoms with E-state index in [0.29, 0.717) is 13.0 Å². The molecule has 0 saturated carbocycles. The van der Waals surface area contributed by atoms with E-state index in [1.165, 1.54) is 0 Å². The lowest BCUT2D eigenvalue weighted by atomic mass is 9.99. The van der Waals surface area contributed by atoms with Gasteiger partial charge in [-0.15, -0.1) is 0 Å². The van der Waals surface area contributed by atoms with Crippen LogP contribution in [-0.4, -0.2) is 32.4 Å². The Kier molecular flexibility index (Phi) is 5.34. The Balaban J connectivity index is 2.52. The highest BCUT2D eigenvalue weighted by atomic mass is 16.4. The van der Waals surface area contributed by atoms with Gasteiger partial charge in [-0.1, -0.05) is 0 Å². The van der Waals surface area contributed by atoms with Crippen LogP contribution in [0, 0.1) is 13.8 Å². The summed E-state index contributed by atoms with van der Waals surface area (Å²) in [4.78, 5) is 22.5. The second-order valence-electron chi connectivity index (χ2n) is 5.86. The molecule has 0 spiro atoms. The van der Waals surface area contributed by atoms with E-state index in [4.69, 9.17) is 5.11 Å². The van der Waals surface area contributed by atoms with Crippen LogP contribution in [0.4, 0.5) is 4.79 Å². The van der Waals surface area contributed by atoms with Gasteiger partial charge in [-0.3, -0.25) is 9.48 Å². The standard InChI is InChI=1S/C14H24N4O3/c1-9-11(10(2)18(5)17-9)8-15-13(21)16-14(3,4)7-6-12(19)20/h6-8H2,1-5H3,(H,19,20)(H2,15,16,21). The molecular weight excluding hydrogens is 272 g/mol. The highest BCUT2D eigenvalue weighted by molar-refractivity contribution is 5.75. The second-order valence-corrected chi connectivity index (χ2v) is 5.86. The Morgan fingerprint density at radius 2 is 1.95 bits per heavy atom. The fourth-order valence-corrected chi connectivity index (χ4v) is 2.08. The number of carboxylic acid groups (broad SMARTS) is 1. The number of urea groups is 1. The predicted octanol–water partition coefficient (Wildman–Crippen LogP) is 1.48. The van der Waals surface area contributed by atoms with E-state index in [1.54, 1.807) is 18.5 Å². The van der Waals surface area contributed by atoms with Gasteiger partial charge in [-0.05, 0) is 34.1 Å². The Morgan fingerprint density at radius 1 is 1.33 bits per heavy atom. The number of aromatic nitrogens is 2. The minimum atomic E-state index is -0.869. The lowest BCUT2D eigenvalue weighted by molar-refractivity contribution is -0.137. The Labute approximate surface area is 124 Å². The third-order valence-electron chi connectivity index (χ3n) is 3.50. The first-order chi connectivity index (χ1) is 9.62. The first-order valence-electron chi connectivity index (χ1n) is 6.89. The van der Waals surface area contributed by atoms with Crippen molar-refractivity contribution in [2.45, 2.75) is 52.6 Å². The molecule has 1 aromatic rings. The highest BCUT2D eigenvalue weighted by Gasteiger charge is 2.21. The van der Waals surface area contributed by atoms with Crippen molar-refractivity contribution in [3.8, 4) is 0 Å². The summed E-state index contributed by atoms with van der Waals surface area (Å²) in [5.74, 6) is -0.869. The number of nitrogens with one attached hydrogen (secondary N) is 2. The van der Waals surface area contributed by atoms with Gasteiger partial charge >= 0.3 is 12.0 Å². The van der Waals surface area contributed by atoms with Crippen LogP contribution in [0.15, 0.2) is 0 Å². The summed E-state index contributed by atoms with van der Waals surface area (Å²) in [5.41, 5.74) is 2.33. The van der Waals surface area contributed by atoms with Crippen molar-refractivity contribution in [2.75, 3.05) is 0 Å². The second kappa shape index (κ2) is 6.60. The number of carbonyl (C=O) groups excluding carboxylic acids is 1. The topological polar surface area (TPSA) is 96.3 Å². The molecule has 0 aliphatic rings. The van der Waals surface area contributed by atoms with Gasteiger partial charge in [0.05, 0.1) is 5.69 Å². The van der Waals surface area contributed by atoms with E-state index in [9.17, 15) is 9.59 Å². The quantitative estimate of drug-likeness (QED) is 0.741. The number of carbonyl (C=O) groups is 2. The summed E-state index contributed by atoms with van der Waals surface area (Å²) in [6.07, 6.45) is 0.398. The van der Waals surface area contributed by atoms with Crippen molar-refractivity contribution >= 4 is 12.0 Å². The van der Waals surface area contributed by atoms with E-state index < -0.39 is 11.5 Å². The van der Waals surface area contributed by atoms with E-state index in [1.807, 2.05) is 20.9 Å². The van der Waals surface area contributed by atoms with Gasteiger partial charge in [0.2, 0.25) is 0 Å². The van der Waals surface area contributed by atoms with Crippen molar-refractivity contribution in [1.29, 1.82) is 0 Å². The van der Waals surface area contributed by atoms with E-state index in [-0.39, 0.29) is 12.5 Å². The average molecular weight is 296 g/mol. The summed E-state index contributed by atoms with van der Waals surface area (Å²) >= 11 is 0. The summed E-state index contributed by atoms with van der Waals surface area (Å²) < 4.78 is 1.78. The number of aryl methyl sites for hydroxylation is 2. The normalized spacial score (nSPS) is 11.3. The molecule has 2 amide bonds. The Morgan fingerprint density at radius 3 is 2.43 bits per heavy atom. The van der Waals surface area contributed by atoms with Crippen LogP contribution in [0.25, 0.3) is 0 Å². The lowest BCUT2D eigenvalue weighted by Gasteiger charge is -2.25. The number of hydrogen-bond donors (Lipinski definition) is 3. The van der Waals surface area contributed by atoms with Crippen LogP contribution in [0.3, 0.4) is 0 Å². The highest BCUT2D eigenvalue weighted by Crippen LogP contribution is 2.12. The number of hydrogen-bond acceptors (Lipinski definition) is 3. The van der Waals surface area contributed by atoms with Gasteiger partial charge < -0.3 is 15.7 Å². The number of rotatable bonds is 6. The summed E-state index contributed by atoms with van der Waals surface area (Å²) in [6, 6.07) is -0.312. The van der Waals surface area contributed by atoms with Crippen LogP contribution in [0.2, 0.25) is 0 Å². The minimum Gasteiger partial charge on any atom is -0.481 e. The van der Waals surface area contributed by atoms with Crippen molar-refractivity contribution in [3.05, 3.63) is 17.0 Å². The largest absolute Gasteiger partial charge is 0.481 e. The molecule has 7 nitrogen and oxygen atoms in total. The third kappa shape index (κ3) is 5.09. The van der Waals surface area contributed by atoms with Gasteiger partial charge in [-0.2, -0.15) is 5.10 Å². The molecule has 0 bridgehead atoms. The molecule has 3 N–H and O–H groups in total. The van der Waals surface area contributed by atoms with Gasteiger partial charge in [0.15, 0.2) is 0 Å². The zero-order valence-electron chi connectivity index (χ0n) is 13.3. The molecule has 0 radical (unpaired) electrons. The van der Waals surface area contributed by atoms with E-state index in [0.717, 1.165) is 17.0 Å². The van der Waals surface area contributed by atoms with Gasteiger partial charge in [-0.25, -0.2) is 4.79 Å². The first-order valence-corrected chi connectivity index (χ1v) is 6.89. The molecule has 0 aliphatic carbocycles. The third-order valence-corrected chi connectivity index (χ3v) is 3.50. The molecule has 0 atom stereocenters. The van der Waals surface area contributed by atoms with Crippen molar-refractivity contribution in [1.82, 2.24) is 20.4 Å². The summed E-state index contributed by atoms with van der Waals surface area (Å²) in [5, 5.41) is 18.6. The molecule has 0 aliphatic heterocycles. The molecule has 1 rings (SSSR count). The number of carboxylic acids is 1. The van der Waals surface area contributed by atoms with Crippen molar-refractivity contribution < 1.29 is 14.7 Å². The average Bonchev–Trinajstić information content (AvgIpc) is 2.58. The monoisotopic (exact) mass is 296 g/mol. The van der Waals surface area contributed by atoms with Crippen LogP contribution in [0.1, 0.15) is 43.6 Å². The van der Waals surface area contributed by atoms with Crippen molar-refractivity contribution in [3.63, 3.8) is 0 Å². The molecule has 7 heteroatoms. The Hall–Kier alpha value is -2.05. The first kappa shape index (κ1) is 17.0. The van der Waals surface area contributed by atoms with Crippen LogP contribution in [-0.2, 0) is 18.4 Å². The number of nitrogens with zero attached hydrogens (tertiary/aromatic N) is 2. The molecule has 0 aromatic carbocycles. The number of amides is 2. The Bertz CT molecular complexity index is 535. The molecule has 118 valence electrons. The van der Waals surface area contributed by atoms with E-state index in [2.05, 4.69) is 15.7 Å². The molecule has 21 heavy (non-hydrogen) atoms. The van der Waals surface area contributed by atoms with Crippen LogP contribution < -0.4 is 10.6 Å². The SMILES string of the molecule is Cc1nn(C)c(C)c1CNC(=O)NC(C)(C)CCC(=O)O. The maximum atomic E-state index is 11.9.